The van der Waals surface area contributed by atoms with E-state index in [9.17, 15) is 0 Å². The summed E-state index contributed by atoms with van der Waals surface area (Å²) in [6, 6.07) is 2.30. The third-order valence-corrected chi connectivity index (χ3v) is 3.32. The standard InChI is InChI=1S/C13H25N5/c1-6-7-11-15-12(17-14)8-13(16-11)18(5)10(4)9(2)3/h8-10H,6-7,14H2,1-5H3,(H,15,16,17). The van der Waals surface area contributed by atoms with E-state index >= 15 is 0 Å². The molecule has 5 heteroatoms. The number of aryl methyl sites for hydroxylation is 1. The van der Waals surface area contributed by atoms with Crippen LogP contribution in [0.5, 0.6) is 0 Å². The first-order valence-electron chi connectivity index (χ1n) is 6.57. The minimum Gasteiger partial charge on any atom is -0.357 e. The smallest absolute Gasteiger partial charge is 0.145 e. The maximum atomic E-state index is 5.46. The summed E-state index contributed by atoms with van der Waals surface area (Å²) in [5.74, 6) is 8.45. The molecular formula is C13H25N5. The highest BCUT2D eigenvalue weighted by molar-refractivity contribution is 5.49. The molecule has 0 bridgehead atoms. The summed E-state index contributed by atoms with van der Waals surface area (Å²) >= 11 is 0. The van der Waals surface area contributed by atoms with Crippen LogP contribution >= 0.6 is 0 Å². The number of hydrazine groups is 1. The Kier molecular flexibility index (Phi) is 5.34. The lowest BCUT2D eigenvalue weighted by molar-refractivity contribution is 0.502. The Labute approximate surface area is 110 Å². The number of rotatable bonds is 6. The van der Waals surface area contributed by atoms with Crippen LogP contribution in [0.15, 0.2) is 6.07 Å². The molecule has 1 atom stereocenters. The highest BCUT2D eigenvalue weighted by Crippen LogP contribution is 2.20. The van der Waals surface area contributed by atoms with Crippen LogP contribution in [0.4, 0.5) is 11.6 Å². The van der Waals surface area contributed by atoms with E-state index in [2.05, 4.69) is 55.0 Å². The lowest BCUT2D eigenvalue weighted by Crippen LogP contribution is -2.34. The number of nitrogens with one attached hydrogen (secondary N) is 1. The molecule has 0 fully saturated rings. The number of nitrogens with zero attached hydrogens (tertiary/aromatic N) is 3. The highest BCUT2D eigenvalue weighted by atomic mass is 15.3. The molecule has 0 amide bonds. The average Bonchev–Trinajstić information content (AvgIpc) is 2.36. The van der Waals surface area contributed by atoms with E-state index in [0.29, 0.717) is 17.8 Å². The van der Waals surface area contributed by atoms with E-state index in [4.69, 9.17) is 5.84 Å². The summed E-state index contributed by atoms with van der Waals surface area (Å²) in [4.78, 5) is 11.1. The number of hydrogen-bond acceptors (Lipinski definition) is 5. The molecule has 0 radical (unpaired) electrons. The van der Waals surface area contributed by atoms with Crippen LogP contribution in [0.1, 0.15) is 39.9 Å². The number of nitrogens with two attached hydrogens (primary N) is 1. The minimum atomic E-state index is 0.417. The third kappa shape index (κ3) is 3.57. The van der Waals surface area contributed by atoms with Gasteiger partial charge in [-0.1, -0.05) is 20.8 Å². The summed E-state index contributed by atoms with van der Waals surface area (Å²) < 4.78 is 0. The quantitative estimate of drug-likeness (QED) is 0.599. The zero-order valence-electron chi connectivity index (χ0n) is 12.1. The van der Waals surface area contributed by atoms with Gasteiger partial charge < -0.3 is 10.3 Å². The molecule has 0 aliphatic heterocycles. The van der Waals surface area contributed by atoms with Crippen molar-refractivity contribution in [1.29, 1.82) is 0 Å². The van der Waals surface area contributed by atoms with Gasteiger partial charge in [0.15, 0.2) is 0 Å². The van der Waals surface area contributed by atoms with Crippen LogP contribution in [0.3, 0.4) is 0 Å². The number of nitrogen functional groups attached to an aromatic ring is 1. The van der Waals surface area contributed by atoms with E-state index in [0.717, 1.165) is 24.5 Å². The van der Waals surface area contributed by atoms with Gasteiger partial charge in [0.25, 0.3) is 0 Å². The Morgan fingerprint density at radius 3 is 2.50 bits per heavy atom. The van der Waals surface area contributed by atoms with Gasteiger partial charge >= 0.3 is 0 Å². The first kappa shape index (κ1) is 14.7. The number of aromatic nitrogens is 2. The molecule has 1 unspecified atom stereocenters. The second-order valence-electron chi connectivity index (χ2n) is 5.02. The Hall–Kier alpha value is -1.36. The van der Waals surface area contributed by atoms with Crippen molar-refractivity contribution >= 4 is 11.6 Å². The summed E-state index contributed by atoms with van der Waals surface area (Å²) in [5.41, 5.74) is 2.61. The largest absolute Gasteiger partial charge is 0.357 e. The lowest BCUT2D eigenvalue weighted by atomic mass is 10.1. The van der Waals surface area contributed by atoms with Crippen molar-refractivity contribution in [2.45, 2.75) is 46.6 Å². The average molecular weight is 251 g/mol. The number of anilines is 2. The normalized spacial score (nSPS) is 12.6. The summed E-state index contributed by atoms with van der Waals surface area (Å²) in [5, 5.41) is 0. The molecule has 102 valence electrons. The minimum absolute atomic E-state index is 0.417. The third-order valence-electron chi connectivity index (χ3n) is 3.32. The van der Waals surface area contributed by atoms with Crippen molar-refractivity contribution in [1.82, 2.24) is 9.97 Å². The van der Waals surface area contributed by atoms with Gasteiger partial charge in [-0.15, -0.1) is 0 Å². The van der Waals surface area contributed by atoms with Gasteiger partial charge in [0.1, 0.15) is 17.5 Å². The molecule has 1 heterocycles. The van der Waals surface area contributed by atoms with Crippen LogP contribution in [0.2, 0.25) is 0 Å². The zero-order chi connectivity index (χ0) is 13.7. The SMILES string of the molecule is CCCc1nc(NN)cc(N(C)C(C)C(C)C)n1. The first-order chi connectivity index (χ1) is 8.49. The lowest BCUT2D eigenvalue weighted by Gasteiger charge is -2.29. The molecule has 1 rings (SSSR count). The molecule has 0 aliphatic carbocycles. The molecule has 0 aliphatic rings. The molecule has 5 nitrogen and oxygen atoms in total. The molecule has 1 aromatic rings. The molecule has 0 aromatic carbocycles. The van der Waals surface area contributed by atoms with Crippen molar-refractivity contribution in [2.75, 3.05) is 17.4 Å². The van der Waals surface area contributed by atoms with E-state index in [-0.39, 0.29) is 0 Å². The van der Waals surface area contributed by atoms with Gasteiger partial charge in [0.2, 0.25) is 0 Å². The Morgan fingerprint density at radius 2 is 2.00 bits per heavy atom. The van der Waals surface area contributed by atoms with Crippen LogP contribution in [-0.2, 0) is 6.42 Å². The van der Waals surface area contributed by atoms with Crippen LogP contribution in [0, 0.1) is 5.92 Å². The van der Waals surface area contributed by atoms with Crippen molar-refractivity contribution in [2.24, 2.45) is 11.8 Å². The second-order valence-corrected chi connectivity index (χ2v) is 5.02. The fourth-order valence-corrected chi connectivity index (χ4v) is 1.73. The topological polar surface area (TPSA) is 67.1 Å². The Bertz CT molecular complexity index is 378. The Balaban J connectivity index is 3.03. The van der Waals surface area contributed by atoms with Gasteiger partial charge in [0, 0.05) is 25.6 Å². The maximum Gasteiger partial charge on any atom is 0.145 e. The summed E-state index contributed by atoms with van der Waals surface area (Å²) in [7, 11) is 2.06. The fraction of sp³-hybridized carbons (Fsp3) is 0.692. The van der Waals surface area contributed by atoms with Gasteiger partial charge in [-0.05, 0) is 19.3 Å². The van der Waals surface area contributed by atoms with Gasteiger partial charge in [-0.25, -0.2) is 15.8 Å². The van der Waals surface area contributed by atoms with Crippen molar-refractivity contribution in [3.8, 4) is 0 Å². The molecule has 1 aromatic heterocycles. The predicted octanol–water partition coefficient (Wildman–Crippen LogP) is 2.20. The van der Waals surface area contributed by atoms with E-state index in [1.807, 2.05) is 6.07 Å². The van der Waals surface area contributed by atoms with Crippen LogP contribution in [0.25, 0.3) is 0 Å². The maximum absolute atomic E-state index is 5.46. The van der Waals surface area contributed by atoms with Crippen molar-refractivity contribution in [3.05, 3.63) is 11.9 Å². The molecule has 0 spiro atoms. The number of hydrogen-bond donors (Lipinski definition) is 2. The molecule has 3 N–H and O–H groups in total. The molecule has 0 saturated carbocycles. The fourth-order valence-electron chi connectivity index (χ4n) is 1.73. The summed E-state index contributed by atoms with van der Waals surface area (Å²) in [6.07, 6.45) is 1.89. The molecule has 18 heavy (non-hydrogen) atoms. The highest BCUT2D eigenvalue weighted by Gasteiger charge is 2.16. The van der Waals surface area contributed by atoms with Gasteiger partial charge in [0.05, 0.1) is 0 Å². The van der Waals surface area contributed by atoms with Crippen LogP contribution < -0.4 is 16.2 Å². The van der Waals surface area contributed by atoms with Crippen molar-refractivity contribution < 1.29 is 0 Å². The molecule has 0 saturated heterocycles. The van der Waals surface area contributed by atoms with Gasteiger partial charge in [-0.3, -0.25) is 0 Å². The summed E-state index contributed by atoms with van der Waals surface area (Å²) in [6.45, 7) is 8.72. The van der Waals surface area contributed by atoms with Crippen molar-refractivity contribution in [3.63, 3.8) is 0 Å². The second kappa shape index (κ2) is 6.54. The molecular weight excluding hydrogens is 226 g/mol. The zero-order valence-corrected chi connectivity index (χ0v) is 12.1. The van der Waals surface area contributed by atoms with Gasteiger partial charge in [-0.2, -0.15) is 0 Å². The monoisotopic (exact) mass is 251 g/mol. The van der Waals surface area contributed by atoms with E-state index in [1.165, 1.54) is 0 Å². The Morgan fingerprint density at radius 1 is 1.33 bits per heavy atom. The predicted molar refractivity (Wildman–Crippen MR) is 76.5 cm³/mol. The van der Waals surface area contributed by atoms with E-state index < -0.39 is 0 Å². The van der Waals surface area contributed by atoms with E-state index in [1.54, 1.807) is 0 Å². The first-order valence-corrected chi connectivity index (χ1v) is 6.57. The van der Waals surface area contributed by atoms with Crippen LogP contribution in [-0.4, -0.2) is 23.1 Å².